The monoisotopic (exact) mass is 644 g/mol. The minimum Gasteiger partial charge on any atom is -0.493 e. The topological polar surface area (TPSA) is 118 Å². The molecule has 11 heteroatoms. The van der Waals surface area contributed by atoms with E-state index in [-0.39, 0.29) is 46.7 Å². The van der Waals surface area contributed by atoms with Gasteiger partial charge in [0.2, 0.25) is 10.0 Å². The summed E-state index contributed by atoms with van der Waals surface area (Å²) in [6, 6.07) is 22.1. The van der Waals surface area contributed by atoms with E-state index in [2.05, 4.69) is 0 Å². The Morgan fingerprint density at radius 1 is 0.911 bits per heavy atom. The number of rotatable bonds is 9. The second kappa shape index (κ2) is 11.4. The molecule has 0 N–H and O–H groups in total. The van der Waals surface area contributed by atoms with E-state index >= 15 is 0 Å². The summed E-state index contributed by atoms with van der Waals surface area (Å²) in [5.74, 6) is -0.274. The highest BCUT2D eigenvalue weighted by Gasteiger charge is 2.35. The molecule has 1 amide bonds. The Hall–Kier alpha value is -4.06. The van der Waals surface area contributed by atoms with Crippen molar-refractivity contribution in [2.45, 2.75) is 35.5 Å². The van der Waals surface area contributed by atoms with Gasteiger partial charge in [-0.1, -0.05) is 36.4 Å². The molecule has 3 heterocycles. The lowest BCUT2D eigenvalue weighted by Crippen LogP contribution is -2.42. The number of carbonyl (C=O) groups excluding carboxylic acids is 2. The largest absolute Gasteiger partial charge is 0.493 e. The summed E-state index contributed by atoms with van der Waals surface area (Å²) >= 11 is 0. The average Bonchev–Trinajstić information content (AvgIpc) is 3.64. The van der Waals surface area contributed by atoms with E-state index in [0.717, 1.165) is 16.5 Å². The van der Waals surface area contributed by atoms with Crippen LogP contribution in [0, 0.1) is 5.92 Å². The lowest BCUT2D eigenvalue weighted by molar-refractivity contribution is -0.123. The molecule has 0 bridgehead atoms. The number of hydrogen-bond donors (Lipinski definition) is 0. The molecule has 7 rings (SSSR count). The smallest absolute Gasteiger partial charge is 0.259 e. The fourth-order valence-corrected chi connectivity index (χ4v) is 9.47. The second-order valence-electron chi connectivity index (χ2n) is 11.8. The van der Waals surface area contributed by atoms with Crippen molar-refractivity contribution in [3.8, 4) is 5.75 Å². The van der Waals surface area contributed by atoms with Crippen LogP contribution in [0.25, 0.3) is 10.8 Å². The van der Waals surface area contributed by atoms with E-state index in [0.29, 0.717) is 54.8 Å². The fraction of sp³-hybridized carbons (Fsp3) is 0.294. The molecule has 0 aliphatic carbocycles. The molecule has 0 saturated carbocycles. The van der Waals surface area contributed by atoms with Crippen molar-refractivity contribution < 1.29 is 31.2 Å². The minimum atomic E-state index is -3.77. The lowest BCUT2D eigenvalue weighted by atomic mass is 9.89. The third-order valence-electron chi connectivity index (χ3n) is 9.06. The van der Waals surface area contributed by atoms with Crippen molar-refractivity contribution in [2.24, 2.45) is 5.92 Å². The second-order valence-corrected chi connectivity index (χ2v) is 15.8. The van der Waals surface area contributed by atoms with Gasteiger partial charge in [0.25, 0.3) is 5.91 Å². The first kappa shape index (κ1) is 29.6. The van der Waals surface area contributed by atoms with Crippen LogP contribution < -0.4 is 9.64 Å². The SMILES string of the molecule is O=C(Cc1ccc2c3c(cccc13)C(=O)N2CCS(=O)(=O)c1ccccc1)C1CCCN(S(=O)(=O)c2ccc3c(c2)CCO3)C1. The maximum Gasteiger partial charge on any atom is 0.259 e. The molecule has 1 fully saturated rings. The van der Waals surface area contributed by atoms with Crippen LogP contribution >= 0.6 is 0 Å². The number of fused-ring (bicyclic) bond motifs is 1. The van der Waals surface area contributed by atoms with Crippen LogP contribution in [0.3, 0.4) is 0 Å². The molecule has 4 aromatic rings. The maximum absolute atomic E-state index is 13.7. The molecule has 1 atom stereocenters. The number of ether oxygens (including phenoxy) is 1. The van der Waals surface area contributed by atoms with Crippen molar-refractivity contribution in [2.75, 3.05) is 36.9 Å². The molecule has 9 nitrogen and oxygen atoms in total. The van der Waals surface area contributed by atoms with Gasteiger partial charge in [-0.25, -0.2) is 16.8 Å². The van der Waals surface area contributed by atoms with Crippen molar-refractivity contribution in [1.82, 2.24) is 4.31 Å². The number of nitrogens with zero attached hydrogens (tertiary/aromatic N) is 2. The van der Waals surface area contributed by atoms with Gasteiger partial charge in [-0.3, -0.25) is 9.59 Å². The molecule has 45 heavy (non-hydrogen) atoms. The normalized spacial score (nSPS) is 18.3. The van der Waals surface area contributed by atoms with Crippen LogP contribution in [0.1, 0.15) is 34.3 Å². The summed E-state index contributed by atoms with van der Waals surface area (Å²) in [5.41, 5.74) is 2.73. The highest BCUT2D eigenvalue weighted by atomic mass is 32.2. The van der Waals surface area contributed by atoms with Gasteiger partial charge in [0.15, 0.2) is 9.84 Å². The molecule has 0 radical (unpaired) electrons. The first-order chi connectivity index (χ1) is 21.6. The van der Waals surface area contributed by atoms with Crippen LogP contribution in [0.4, 0.5) is 5.69 Å². The maximum atomic E-state index is 13.7. The predicted octanol–water partition coefficient (Wildman–Crippen LogP) is 4.42. The summed E-state index contributed by atoms with van der Waals surface area (Å²) in [4.78, 5) is 29.0. The highest BCUT2D eigenvalue weighted by Crippen LogP contribution is 2.39. The Labute approximate surface area is 262 Å². The summed E-state index contributed by atoms with van der Waals surface area (Å²) in [7, 11) is -7.36. The Kier molecular flexibility index (Phi) is 7.50. The van der Waals surface area contributed by atoms with Gasteiger partial charge in [-0.05, 0) is 71.8 Å². The number of carbonyl (C=O) groups is 2. The molecule has 1 saturated heterocycles. The molecule has 232 valence electrons. The zero-order chi connectivity index (χ0) is 31.3. The summed E-state index contributed by atoms with van der Waals surface area (Å²) in [6.45, 7) is 1.02. The molecule has 0 aromatic heterocycles. The van der Waals surface area contributed by atoms with Crippen LogP contribution in [0.5, 0.6) is 5.75 Å². The average molecular weight is 645 g/mol. The quantitative estimate of drug-likeness (QED) is 0.265. The fourth-order valence-electron chi connectivity index (χ4n) is 6.67. The number of hydrogen-bond acceptors (Lipinski definition) is 7. The van der Waals surface area contributed by atoms with Crippen molar-refractivity contribution in [3.05, 3.63) is 95.6 Å². The number of amides is 1. The minimum absolute atomic E-state index is 0.00173. The number of Topliss-reactive ketones (excluding diaryl/α,β-unsaturated/α-hetero) is 1. The van der Waals surface area contributed by atoms with Crippen LogP contribution in [-0.2, 0) is 37.5 Å². The molecule has 3 aliphatic heterocycles. The number of ketones is 1. The Balaban J connectivity index is 1.09. The van der Waals surface area contributed by atoms with Crippen LogP contribution in [0.15, 0.2) is 88.7 Å². The first-order valence-electron chi connectivity index (χ1n) is 15.1. The molecule has 3 aliphatic rings. The van der Waals surface area contributed by atoms with E-state index in [1.54, 1.807) is 66.7 Å². The molecule has 1 unspecified atom stereocenters. The first-order valence-corrected chi connectivity index (χ1v) is 18.2. The molecule has 0 spiro atoms. The van der Waals surface area contributed by atoms with Gasteiger partial charge >= 0.3 is 0 Å². The number of sulfone groups is 1. The van der Waals surface area contributed by atoms with E-state index in [4.69, 9.17) is 4.74 Å². The zero-order valence-corrected chi connectivity index (χ0v) is 26.1. The highest BCUT2D eigenvalue weighted by molar-refractivity contribution is 7.91. The van der Waals surface area contributed by atoms with Crippen LogP contribution in [0.2, 0.25) is 0 Å². The molecular weight excluding hydrogens is 613 g/mol. The van der Waals surface area contributed by atoms with Gasteiger partial charge in [0, 0.05) is 49.3 Å². The summed E-state index contributed by atoms with van der Waals surface area (Å²) in [6.07, 6.45) is 1.96. The van der Waals surface area contributed by atoms with E-state index in [1.165, 1.54) is 9.21 Å². The van der Waals surface area contributed by atoms with Crippen molar-refractivity contribution >= 4 is 48.0 Å². The summed E-state index contributed by atoms with van der Waals surface area (Å²) in [5, 5.41) is 1.47. The van der Waals surface area contributed by atoms with E-state index < -0.39 is 25.8 Å². The van der Waals surface area contributed by atoms with Crippen LogP contribution in [-0.4, -0.2) is 64.8 Å². The van der Waals surface area contributed by atoms with Gasteiger partial charge in [-0.2, -0.15) is 4.31 Å². The summed E-state index contributed by atoms with van der Waals surface area (Å²) < 4.78 is 59.8. The number of anilines is 1. The van der Waals surface area contributed by atoms with E-state index in [1.807, 2.05) is 12.1 Å². The van der Waals surface area contributed by atoms with Gasteiger partial charge in [0.05, 0.1) is 27.8 Å². The lowest BCUT2D eigenvalue weighted by Gasteiger charge is -2.31. The predicted molar refractivity (Wildman–Crippen MR) is 170 cm³/mol. The van der Waals surface area contributed by atoms with Crippen molar-refractivity contribution in [1.29, 1.82) is 0 Å². The Morgan fingerprint density at radius 3 is 2.56 bits per heavy atom. The Morgan fingerprint density at radius 2 is 1.73 bits per heavy atom. The standard InChI is InChI=1S/C34H32N2O7S2/c37-31(25-6-5-16-35(22-25)45(41,42)27-12-14-32-24(20-27)15-18-43-32)21-23-11-13-30-33-28(23)9-4-10-29(33)34(38)36(30)17-19-44(39,40)26-7-2-1-3-8-26/h1-4,7-14,20,25H,5-6,15-19,21-22H2. The van der Waals surface area contributed by atoms with Crippen molar-refractivity contribution in [3.63, 3.8) is 0 Å². The van der Waals surface area contributed by atoms with Gasteiger partial charge in [0.1, 0.15) is 11.5 Å². The van der Waals surface area contributed by atoms with Gasteiger partial charge < -0.3 is 9.64 Å². The third-order valence-corrected chi connectivity index (χ3v) is 12.6. The van der Waals surface area contributed by atoms with E-state index in [9.17, 15) is 26.4 Å². The number of benzene rings is 4. The Bertz CT molecular complexity index is 2060. The number of piperidine rings is 1. The third kappa shape index (κ3) is 5.32. The van der Waals surface area contributed by atoms with Gasteiger partial charge in [-0.15, -0.1) is 0 Å². The molecule has 4 aromatic carbocycles. The zero-order valence-electron chi connectivity index (χ0n) is 24.5. The number of sulfonamides is 1. The molecular formula is C34H32N2O7S2.